The van der Waals surface area contributed by atoms with Crippen molar-refractivity contribution >= 4 is 33.9 Å². The minimum Gasteiger partial charge on any atom is -0.507 e. The van der Waals surface area contributed by atoms with Crippen LogP contribution >= 0.6 is 0 Å². The number of benzene rings is 4. The standard InChI is InChI=1S/C30H23NO6/c1-35-21-12-9-19(10-13-21)27-26(28(32)23-8-4-6-18-5-2-3-7-22(18)23)29(33)30(34)31(27)20-11-14-24-25(17-20)37-16-15-36-24/h2-14,17,27,32H,15-16H2,1H3/b28-26+. The molecule has 2 aliphatic rings. The zero-order valence-corrected chi connectivity index (χ0v) is 20.0. The van der Waals surface area contributed by atoms with E-state index in [9.17, 15) is 14.7 Å². The topological polar surface area (TPSA) is 85.3 Å². The van der Waals surface area contributed by atoms with Crippen LogP contribution in [0.2, 0.25) is 0 Å². The third-order valence-corrected chi connectivity index (χ3v) is 6.72. The predicted molar refractivity (Wildman–Crippen MR) is 139 cm³/mol. The van der Waals surface area contributed by atoms with Crippen molar-refractivity contribution in [3.05, 3.63) is 102 Å². The Morgan fingerprint density at radius 2 is 1.62 bits per heavy atom. The molecule has 1 saturated heterocycles. The fraction of sp³-hybridized carbons (Fsp3) is 0.133. The Morgan fingerprint density at radius 1 is 0.892 bits per heavy atom. The molecule has 1 atom stereocenters. The molecular formula is C30H23NO6. The first-order valence-electron chi connectivity index (χ1n) is 11.9. The first-order valence-corrected chi connectivity index (χ1v) is 11.9. The van der Waals surface area contributed by atoms with Gasteiger partial charge in [-0.1, -0.05) is 54.6 Å². The number of anilines is 1. The maximum absolute atomic E-state index is 13.5. The van der Waals surface area contributed by atoms with Crippen molar-refractivity contribution in [2.45, 2.75) is 6.04 Å². The fourth-order valence-electron chi connectivity index (χ4n) is 4.96. The highest BCUT2D eigenvalue weighted by Gasteiger charge is 2.47. The first-order chi connectivity index (χ1) is 18.1. The number of carbonyl (C=O) groups excluding carboxylic acids is 2. The maximum Gasteiger partial charge on any atom is 0.300 e. The zero-order valence-electron chi connectivity index (χ0n) is 20.0. The van der Waals surface area contributed by atoms with E-state index in [0.29, 0.717) is 47.3 Å². The van der Waals surface area contributed by atoms with Crippen LogP contribution in [0.3, 0.4) is 0 Å². The van der Waals surface area contributed by atoms with Gasteiger partial charge in [-0.15, -0.1) is 0 Å². The van der Waals surface area contributed by atoms with Crippen molar-refractivity contribution in [1.82, 2.24) is 0 Å². The summed E-state index contributed by atoms with van der Waals surface area (Å²) < 4.78 is 16.6. The number of hydrogen-bond donors (Lipinski definition) is 1. The molecule has 184 valence electrons. The molecule has 0 aromatic heterocycles. The molecule has 2 heterocycles. The summed E-state index contributed by atoms with van der Waals surface area (Å²) in [6.45, 7) is 0.825. The van der Waals surface area contributed by atoms with Crippen LogP contribution in [0.4, 0.5) is 5.69 Å². The number of carbonyl (C=O) groups is 2. The van der Waals surface area contributed by atoms with Crippen molar-refractivity contribution < 1.29 is 28.9 Å². The molecule has 4 aromatic carbocycles. The van der Waals surface area contributed by atoms with Gasteiger partial charge >= 0.3 is 0 Å². The highest BCUT2D eigenvalue weighted by molar-refractivity contribution is 6.51. The van der Waals surface area contributed by atoms with Crippen LogP contribution in [-0.4, -0.2) is 37.1 Å². The number of ether oxygens (including phenoxy) is 3. The molecule has 7 heteroatoms. The van der Waals surface area contributed by atoms with Crippen LogP contribution in [0.1, 0.15) is 17.2 Å². The molecule has 0 bridgehead atoms. The summed E-state index contributed by atoms with van der Waals surface area (Å²) in [4.78, 5) is 28.5. The summed E-state index contributed by atoms with van der Waals surface area (Å²) in [6, 6.07) is 24.4. The largest absolute Gasteiger partial charge is 0.507 e. The lowest BCUT2D eigenvalue weighted by atomic mass is 9.93. The van der Waals surface area contributed by atoms with Crippen LogP contribution in [-0.2, 0) is 9.59 Å². The number of Topliss-reactive ketones (excluding diaryl/α,β-unsaturated/α-hetero) is 1. The number of hydrogen-bond acceptors (Lipinski definition) is 6. The highest BCUT2D eigenvalue weighted by atomic mass is 16.6. The van der Waals surface area contributed by atoms with Gasteiger partial charge in [0.1, 0.15) is 24.7 Å². The molecule has 37 heavy (non-hydrogen) atoms. The van der Waals surface area contributed by atoms with Crippen LogP contribution in [0.15, 0.2) is 90.5 Å². The molecule has 6 rings (SSSR count). The van der Waals surface area contributed by atoms with Crippen molar-refractivity contribution in [3.8, 4) is 17.2 Å². The van der Waals surface area contributed by atoms with Crippen LogP contribution < -0.4 is 19.1 Å². The summed E-state index contributed by atoms with van der Waals surface area (Å²) in [5.41, 5.74) is 1.61. The Kier molecular flexibility index (Phi) is 5.53. The highest BCUT2D eigenvalue weighted by Crippen LogP contribution is 2.45. The van der Waals surface area contributed by atoms with E-state index < -0.39 is 17.7 Å². The van der Waals surface area contributed by atoms with Gasteiger partial charge in [0.05, 0.1) is 18.7 Å². The summed E-state index contributed by atoms with van der Waals surface area (Å²) in [7, 11) is 1.57. The van der Waals surface area contributed by atoms with Gasteiger partial charge in [0.15, 0.2) is 11.5 Å². The first kappa shape index (κ1) is 22.7. The Bertz CT molecular complexity index is 1570. The Labute approximate surface area is 213 Å². The number of nitrogens with zero attached hydrogens (tertiary/aromatic N) is 1. The molecule has 1 amide bonds. The molecule has 7 nitrogen and oxygen atoms in total. The molecule has 1 fully saturated rings. The third kappa shape index (κ3) is 3.76. The van der Waals surface area contributed by atoms with E-state index in [4.69, 9.17) is 14.2 Å². The monoisotopic (exact) mass is 493 g/mol. The second kappa shape index (κ2) is 9.02. The van der Waals surface area contributed by atoms with Crippen molar-refractivity contribution in [2.75, 3.05) is 25.2 Å². The Balaban J connectivity index is 1.57. The lowest BCUT2D eigenvalue weighted by Gasteiger charge is -2.27. The molecule has 0 aliphatic carbocycles. The minimum absolute atomic E-state index is 0.0152. The van der Waals surface area contributed by atoms with Gasteiger partial charge in [0.25, 0.3) is 11.7 Å². The van der Waals surface area contributed by atoms with E-state index >= 15 is 0 Å². The number of fused-ring (bicyclic) bond motifs is 2. The summed E-state index contributed by atoms with van der Waals surface area (Å²) >= 11 is 0. The number of methoxy groups -OCH3 is 1. The van der Waals surface area contributed by atoms with Gasteiger partial charge in [-0.3, -0.25) is 14.5 Å². The van der Waals surface area contributed by atoms with Gasteiger partial charge in [0, 0.05) is 17.3 Å². The molecule has 1 unspecified atom stereocenters. The van der Waals surface area contributed by atoms with Crippen molar-refractivity contribution in [1.29, 1.82) is 0 Å². The van der Waals surface area contributed by atoms with E-state index in [2.05, 4.69) is 0 Å². The molecule has 4 aromatic rings. The van der Waals surface area contributed by atoms with Crippen molar-refractivity contribution in [3.63, 3.8) is 0 Å². The van der Waals surface area contributed by atoms with Crippen molar-refractivity contribution in [2.24, 2.45) is 0 Å². The number of rotatable bonds is 4. The molecule has 0 spiro atoms. The predicted octanol–water partition coefficient (Wildman–Crippen LogP) is 5.25. The summed E-state index contributed by atoms with van der Waals surface area (Å²) in [6.07, 6.45) is 0. The van der Waals surface area contributed by atoms with Crippen LogP contribution in [0.5, 0.6) is 17.2 Å². The average Bonchev–Trinajstić information content (AvgIpc) is 3.22. The number of amides is 1. The molecule has 0 radical (unpaired) electrons. The molecule has 0 saturated carbocycles. The number of ketones is 1. The van der Waals surface area contributed by atoms with Crippen LogP contribution in [0.25, 0.3) is 16.5 Å². The Hall–Kier alpha value is -4.78. The zero-order chi connectivity index (χ0) is 25.5. The second-order valence-electron chi connectivity index (χ2n) is 8.80. The summed E-state index contributed by atoms with van der Waals surface area (Å²) in [5.74, 6) is -0.0259. The smallest absolute Gasteiger partial charge is 0.300 e. The number of aliphatic hydroxyl groups is 1. The lowest BCUT2D eigenvalue weighted by Crippen LogP contribution is -2.29. The van der Waals surface area contributed by atoms with E-state index in [0.717, 1.165) is 10.8 Å². The fourth-order valence-corrected chi connectivity index (χ4v) is 4.96. The minimum atomic E-state index is -0.868. The SMILES string of the molecule is COc1ccc(C2/C(=C(\O)c3cccc4ccccc34)C(=O)C(=O)N2c2ccc3c(c2)OCCO3)cc1. The van der Waals surface area contributed by atoms with Gasteiger partial charge in [0.2, 0.25) is 0 Å². The third-order valence-electron chi connectivity index (χ3n) is 6.72. The van der Waals surface area contributed by atoms with E-state index in [1.54, 1.807) is 55.6 Å². The molecule has 2 aliphatic heterocycles. The van der Waals surface area contributed by atoms with E-state index in [1.165, 1.54) is 4.90 Å². The summed E-state index contributed by atoms with van der Waals surface area (Å²) in [5, 5.41) is 13.3. The molecule has 1 N–H and O–H groups in total. The maximum atomic E-state index is 13.5. The van der Waals surface area contributed by atoms with Gasteiger partial charge in [-0.05, 0) is 40.6 Å². The van der Waals surface area contributed by atoms with Gasteiger partial charge in [-0.2, -0.15) is 0 Å². The molecular weight excluding hydrogens is 470 g/mol. The average molecular weight is 494 g/mol. The number of aliphatic hydroxyl groups excluding tert-OH is 1. The van der Waals surface area contributed by atoms with E-state index in [1.807, 2.05) is 36.4 Å². The quantitative estimate of drug-likeness (QED) is 0.238. The normalized spacial score (nSPS) is 18.3. The Morgan fingerprint density at radius 3 is 2.41 bits per heavy atom. The second-order valence-corrected chi connectivity index (χ2v) is 8.80. The van der Waals surface area contributed by atoms with E-state index in [-0.39, 0.29) is 11.3 Å². The lowest BCUT2D eigenvalue weighted by molar-refractivity contribution is -0.132. The van der Waals surface area contributed by atoms with Crippen LogP contribution in [0, 0.1) is 0 Å². The van der Waals surface area contributed by atoms with Gasteiger partial charge in [-0.25, -0.2) is 0 Å². The van der Waals surface area contributed by atoms with Gasteiger partial charge < -0.3 is 19.3 Å².